The van der Waals surface area contributed by atoms with Crippen molar-refractivity contribution in [2.24, 2.45) is 52.3 Å². The third-order valence-electron chi connectivity index (χ3n) is 11.8. The maximum absolute atomic E-state index is 11.5. The lowest BCUT2D eigenvalue weighted by Gasteiger charge is -2.61. The van der Waals surface area contributed by atoms with E-state index in [0.29, 0.717) is 35.0 Å². The fourth-order valence-corrected chi connectivity index (χ4v) is 10.2. The quantitative estimate of drug-likeness (QED) is 0.560. The Balaban J connectivity index is 1.32. The molecule has 5 fully saturated rings. The molecule has 13 atom stereocenters. The summed E-state index contributed by atoms with van der Waals surface area (Å²) in [6, 6.07) is 0. The van der Waals surface area contributed by atoms with Crippen LogP contribution >= 0.6 is 0 Å². The number of esters is 1. The van der Waals surface area contributed by atoms with Crippen LogP contribution in [0.5, 0.6) is 0 Å². The summed E-state index contributed by atoms with van der Waals surface area (Å²) in [5.41, 5.74) is 0.409. The van der Waals surface area contributed by atoms with Crippen molar-refractivity contribution < 1.29 is 24.5 Å². The minimum absolute atomic E-state index is 0.0444. The van der Waals surface area contributed by atoms with Crippen LogP contribution in [0.15, 0.2) is 0 Å². The molecule has 5 heteroatoms. The average Bonchev–Trinajstić information content (AvgIpc) is 3.32. The summed E-state index contributed by atoms with van der Waals surface area (Å²) in [6.45, 7) is 11.6. The summed E-state index contributed by atoms with van der Waals surface area (Å²) in [7, 11) is 0. The first-order valence-corrected chi connectivity index (χ1v) is 14.2. The van der Waals surface area contributed by atoms with Gasteiger partial charge in [-0.1, -0.05) is 27.7 Å². The average molecular weight is 477 g/mol. The highest BCUT2D eigenvalue weighted by Crippen LogP contribution is 2.68. The zero-order valence-corrected chi connectivity index (χ0v) is 22.0. The van der Waals surface area contributed by atoms with Gasteiger partial charge in [0.2, 0.25) is 0 Å². The van der Waals surface area contributed by atoms with Gasteiger partial charge in [-0.3, -0.25) is 4.79 Å². The second-order valence-electron chi connectivity index (χ2n) is 13.6. The molecule has 4 saturated carbocycles. The summed E-state index contributed by atoms with van der Waals surface area (Å²) in [4.78, 5) is 11.5. The molecule has 34 heavy (non-hydrogen) atoms. The number of hydrogen-bond acceptors (Lipinski definition) is 5. The van der Waals surface area contributed by atoms with Crippen molar-refractivity contribution in [1.82, 2.24) is 0 Å². The summed E-state index contributed by atoms with van der Waals surface area (Å²) < 4.78 is 11.6. The van der Waals surface area contributed by atoms with Gasteiger partial charge in [0.1, 0.15) is 6.10 Å². The van der Waals surface area contributed by atoms with Gasteiger partial charge in [-0.15, -0.1) is 0 Å². The van der Waals surface area contributed by atoms with Crippen LogP contribution in [0.25, 0.3) is 0 Å². The van der Waals surface area contributed by atoms with Crippen molar-refractivity contribution in [2.75, 3.05) is 6.61 Å². The molecule has 0 aromatic carbocycles. The first-order chi connectivity index (χ1) is 16.0. The number of carbonyl (C=O) groups excluding carboxylic acids is 1. The smallest absolute Gasteiger partial charge is 0.302 e. The predicted octanol–water partition coefficient (Wildman–Crippen LogP) is 4.97. The van der Waals surface area contributed by atoms with Gasteiger partial charge in [-0.05, 0) is 110 Å². The Hall–Kier alpha value is -0.650. The van der Waals surface area contributed by atoms with E-state index in [0.717, 1.165) is 45.1 Å². The van der Waals surface area contributed by atoms with E-state index >= 15 is 0 Å². The fraction of sp³-hybridized carbons (Fsp3) is 0.966. The Labute approximate surface area is 206 Å². The highest BCUT2D eigenvalue weighted by atomic mass is 16.5. The molecule has 0 amide bonds. The van der Waals surface area contributed by atoms with Crippen molar-refractivity contribution >= 4 is 5.97 Å². The molecule has 0 spiro atoms. The molecule has 1 heterocycles. The fourth-order valence-electron chi connectivity index (χ4n) is 10.2. The summed E-state index contributed by atoms with van der Waals surface area (Å²) in [6.07, 6.45) is 8.99. The molecule has 1 aliphatic heterocycles. The molecule has 5 aliphatic rings. The predicted molar refractivity (Wildman–Crippen MR) is 131 cm³/mol. The van der Waals surface area contributed by atoms with Crippen LogP contribution in [0.2, 0.25) is 0 Å². The molecule has 0 aromatic heterocycles. The lowest BCUT2D eigenvalue weighted by atomic mass is 9.44. The van der Waals surface area contributed by atoms with E-state index in [1.165, 1.54) is 26.2 Å². The Morgan fingerprint density at radius 2 is 1.76 bits per heavy atom. The van der Waals surface area contributed by atoms with E-state index in [2.05, 4.69) is 27.7 Å². The van der Waals surface area contributed by atoms with Gasteiger partial charge in [0, 0.05) is 13.5 Å². The summed E-state index contributed by atoms with van der Waals surface area (Å²) >= 11 is 0. The van der Waals surface area contributed by atoms with E-state index in [1.807, 2.05) is 0 Å². The molecule has 0 aromatic rings. The van der Waals surface area contributed by atoms with Gasteiger partial charge in [-0.2, -0.15) is 0 Å². The standard InChI is InChI=1S/C29H48O5/c1-16-12-25(33-15-16)27(32)17(2)26-24(31)14-23-21-7-6-19-13-20(34-18(3)30)8-10-28(19,4)22(21)9-11-29(23,26)5/h16-17,19-27,31-32H,6-15H2,1-5H3/t16-,17-,19-,20-,21+,22-,23-,24-,25+,26-,27+,28-,29-/m0/s1. The number of aliphatic hydroxyl groups excluding tert-OH is 2. The van der Waals surface area contributed by atoms with Crippen LogP contribution in [-0.2, 0) is 14.3 Å². The first kappa shape index (κ1) is 25.0. The van der Waals surface area contributed by atoms with Crippen molar-refractivity contribution in [3.05, 3.63) is 0 Å². The van der Waals surface area contributed by atoms with E-state index in [-0.39, 0.29) is 41.5 Å². The van der Waals surface area contributed by atoms with Crippen molar-refractivity contribution in [3.8, 4) is 0 Å². The van der Waals surface area contributed by atoms with Crippen LogP contribution in [0.3, 0.4) is 0 Å². The molecule has 5 nitrogen and oxygen atoms in total. The van der Waals surface area contributed by atoms with Gasteiger partial charge in [0.25, 0.3) is 0 Å². The number of ether oxygens (including phenoxy) is 2. The zero-order chi connectivity index (χ0) is 24.4. The monoisotopic (exact) mass is 476 g/mol. The largest absolute Gasteiger partial charge is 0.463 e. The van der Waals surface area contributed by atoms with Crippen LogP contribution in [0, 0.1) is 52.3 Å². The Morgan fingerprint density at radius 1 is 1.03 bits per heavy atom. The molecule has 1 saturated heterocycles. The van der Waals surface area contributed by atoms with E-state index in [4.69, 9.17) is 9.47 Å². The number of hydrogen-bond donors (Lipinski definition) is 2. The number of rotatable bonds is 4. The summed E-state index contributed by atoms with van der Waals surface area (Å²) in [5.74, 6) is 3.08. The highest BCUT2D eigenvalue weighted by molar-refractivity contribution is 5.66. The van der Waals surface area contributed by atoms with Crippen molar-refractivity contribution in [1.29, 1.82) is 0 Å². The van der Waals surface area contributed by atoms with Gasteiger partial charge in [0.15, 0.2) is 0 Å². The topological polar surface area (TPSA) is 76.0 Å². The molecule has 2 N–H and O–H groups in total. The molecule has 5 rings (SSSR count). The number of carbonyl (C=O) groups is 1. The minimum Gasteiger partial charge on any atom is -0.463 e. The van der Waals surface area contributed by atoms with Crippen molar-refractivity contribution in [2.45, 2.75) is 117 Å². The molecule has 0 radical (unpaired) electrons. The molecule has 194 valence electrons. The third-order valence-corrected chi connectivity index (χ3v) is 11.8. The van der Waals surface area contributed by atoms with Gasteiger partial charge >= 0.3 is 5.97 Å². The second kappa shape index (κ2) is 9.03. The number of fused-ring (bicyclic) bond motifs is 5. The second-order valence-corrected chi connectivity index (χ2v) is 13.6. The van der Waals surface area contributed by atoms with Crippen molar-refractivity contribution in [3.63, 3.8) is 0 Å². The summed E-state index contributed by atoms with van der Waals surface area (Å²) in [5, 5.41) is 22.7. The first-order valence-electron chi connectivity index (χ1n) is 14.2. The maximum Gasteiger partial charge on any atom is 0.302 e. The minimum atomic E-state index is -0.497. The lowest BCUT2D eigenvalue weighted by molar-refractivity contribution is -0.161. The lowest BCUT2D eigenvalue weighted by Crippen LogP contribution is -2.55. The third kappa shape index (κ3) is 3.96. The maximum atomic E-state index is 11.5. The molecular formula is C29H48O5. The van der Waals surface area contributed by atoms with Crippen LogP contribution in [0.1, 0.15) is 92.4 Å². The molecule has 4 aliphatic carbocycles. The zero-order valence-electron chi connectivity index (χ0n) is 22.0. The Morgan fingerprint density at radius 3 is 2.44 bits per heavy atom. The highest BCUT2D eigenvalue weighted by Gasteiger charge is 2.63. The Kier molecular flexibility index (Phi) is 6.64. The van der Waals surface area contributed by atoms with E-state index in [1.54, 1.807) is 0 Å². The van der Waals surface area contributed by atoms with Crippen LogP contribution in [0.4, 0.5) is 0 Å². The molecular weight excluding hydrogens is 428 g/mol. The Bertz CT molecular complexity index is 770. The van der Waals surface area contributed by atoms with E-state index in [9.17, 15) is 15.0 Å². The van der Waals surface area contributed by atoms with E-state index < -0.39 is 6.10 Å². The van der Waals surface area contributed by atoms with Gasteiger partial charge in [-0.25, -0.2) is 0 Å². The molecule has 0 bridgehead atoms. The van der Waals surface area contributed by atoms with Crippen LogP contribution < -0.4 is 0 Å². The normalized spacial score (nSPS) is 52.3. The number of aliphatic hydroxyl groups is 2. The SMILES string of the molecule is CC(=O)O[C@H]1CC[C@@]2(C)[C@@H](CC[C@@H]3[C@@H]2CC[C@]2(C)[C@@H]([C@H](C)[C@@H](O)[C@H]4C[C@H](C)CO4)[C@@H](O)C[C@@H]32)C1. The van der Waals surface area contributed by atoms with Gasteiger partial charge in [0.05, 0.1) is 18.3 Å². The molecule has 0 unspecified atom stereocenters. The van der Waals surface area contributed by atoms with Gasteiger partial charge < -0.3 is 19.7 Å². The van der Waals surface area contributed by atoms with Crippen LogP contribution in [-0.4, -0.2) is 47.2 Å².